The number of anilines is 1. The lowest BCUT2D eigenvalue weighted by molar-refractivity contribution is 0.808. The Morgan fingerprint density at radius 1 is 1.35 bits per heavy atom. The molecule has 0 radical (unpaired) electrons. The second-order valence-electron chi connectivity index (χ2n) is 4.23. The van der Waals surface area contributed by atoms with E-state index in [0.717, 1.165) is 17.9 Å². The molecule has 0 atom stereocenters. The first kappa shape index (κ1) is 12.0. The van der Waals surface area contributed by atoms with Crippen LogP contribution in [-0.4, -0.2) is 15.0 Å². The van der Waals surface area contributed by atoms with Crippen LogP contribution in [-0.2, 0) is 6.54 Å². The molecule has 0 bridgehead atoms. The summed E-state index contributed by atoms with van der Waals surface area (Å²) in [6, 6.07) is 2.03. The van der Waals surface area contributed by atoms with E-state index in [1.165, 1.54) is 4.88 Å². The maximum absolute atomic E-state index is 4.49. The third-order valence-electron chi connectivity index (χ3n) is 2.37. The minimum absolute atomic E-state index is 0.417. The number of nitrogens with one attached hydrogen (secondary N) is 1. The molecule has 0 saturated carbocycles. The van der Waals surface area contributed by atoms with Gasteiger partial charge in [0.15, 0.2) is 0 Å². The fourth-order valence-corrected chi connectivity index (χ4v) is 2.00. The summed E-state index contributed by atoms with van der Waals surface area (Å²) in [7, 11) is 0. The zero-order valence-electron chi connectivity index (χ0n) is 10.3. The van der Waals surface area contributed by atoms with E-state index in [1.54, 1.807) is 11.3 Å². The molecule has 2 aromatic rings. The first-order chi connectivity index (χ1) is 8.15. The van der Waals surface area contributed by atoms with Crippen LogP contribution in [0, 0.1) is 6.92 Å². The lowest BCUT2D eigenvalue weighted by Gasteiger charge is -2.09. The second-order valence-corrected chi connectivity index (χ2v) is 5.20. The Hall–Kier alpha value is -1.49. The van der Waals surface area contributed by atoms with Gasteiger partial charge in [0.2, 0.25) is 5.95 Å². The number of aromatic nitrogens is 3. The largest absolute Gasteiger partial charge is 0.349 e. The minimum Gasteiger partial charge on any atom is -0.349 e. The predicted octanol–water partition coefficient (Wildman–Crippen LogP) is 2.98. The van der Waals surface area contributed by atoms with Crippen LogP contribution in [0.2, 0.25) is 0 Å². The van der Waals surface area contributed by atoms with Crippen molar-refractivity contribution in [3.63, 3.8) is 0 Å². The molecule has 4 nitrogen and oxygen atoms in total. The Labute approximate surface area is 105 Å². The van der Waals surface area contributed by atoms with Gasteiger partial charge in [0, 0.05) is 22.5 Å². The van der Waals surface area contributed by atoms with E-state index in [9.17, 15) is 0 Å². The van der Waals surface area contributed by atoms with Crippen LogP contribution in [0.5, 0.6) is 0 Å². The van der Waals surface area contributed by atoms with Crippen molar-refractivity contribution in [1.29, 1.82) is 0 Å². The molecule has 0 fully saturated rings. The first-order valence-electron chi connectivity index (χ1n) is 5.62. The molecular formula is C12H16N4S. The number of hydrogen-bond acceptors (Lipinski definition) is 5. The summed E-state index contributed by atoms with van der Waals surface area (Å²) in [6.07, 6.45) is 1.86. The second kappa shape index (κ2) is 5.23. The van der Waals surface area contributed by atoms with Gasteiger partial charge in [-0.05, 0) is 18.9 Å². The summed E-state index contributed by atoms with van der Waals surface area (Å²) in [4.78, 5) is 14.1. The summed E-state index contributed by atoms with van der Waals surface area (Å²) < 4.78 is 0. The molecule has 0 saturated heterocycles. The third kappa shape index (κ3) is 3.23. The van der Waals surface area contributed by atoms with E-state index in [0.29, 0.717) is 11.9 Å². The van der Waals surface area contributed by atoms with Gasteiger partial charge in [0.05, 0.1) is 12.1 Å². The number of thiazole rings is 1. The zero-order chi connectivity index (χ0) is 12.3. The molecule has 1 N–H and O–H groups in total. The molecular weight excluding hydrogens is 232 g/mol. The maximum Gasteiger partial charge on any atom is 0.223 e. The van der Waals surface area contributed by atoms with Crippen molar-refractivity contribution in [2.24, 2.45) is 0 Å². The van der Waals surface area contributed by atoms with Crippen molar-refractivity contribution < 1.29 is 0 Å². The molecule has 0 aliphatic carbocycles. The molecule has 0 aliphatic heterocycles. The zero-order valence-corrected chi connectivity index (χ0v) is 11.1. The van der Waals surface area contributed by atoms with Crippen molar-refractivity contribution in [3.8, 4) is 0 Å². The fraction of sp³-hybridized carbons (Fsp3) is 0.417. The van der Waals surface area contributed by atoms with Crippen molar-refractivity contribution >= 4 is 17.3 Å². The van der Waals surface area contributed by atoms with Gasteiger partial charge < -0.3 is 5.32 Å². The van der Waals surface area contributed by atoms with E-state index in [4.69, 9.17) is 0 Å². The van der Waals surface area contributed by atoms with Gasteiger partial charge >= 0.3 is 0 Å². The highest BCUT2D eigenvalue weighted by Gasteiger charge is 2.05. The highest BCUT2D eigenvalue weighted by Crippen LogP contribution is 2.15. The van der Waals surface area contributed by atoms with E-state index in [-0.39, 0.29) is 0 Å². The van der Waals surface area contributed by atoms with E-state index >= 15 is 0 Å². The SMILES string of the molecule is Cc1cc(C(C)C)nc(NCc2cncs2)n1. The average molecular weight is 248 g/mol. The van der Waals surface area contributed by atoms with Gasteiger partial charge in [-0.3, -0.25) is 4.98 Å². The summed E-state index contributed by atoms with van der Waals surface area (Å²) in [5.74, 6) is 1.11. The van der Waals surface area contributed by atoms with Crippen molar-refractivity contribution in [3.05, 3.63) is 34.0 Å². The Kier molecular flexibility index (Phi) is 3.68. The normalized spacial score (nSPS) is 10.8. The van der Waals surface area contributed by atoms with E-state index < -0.39 is 0 Å². The van der Waals surface area contributed by atoms with Crippen molar-refractivity contribution in [2.75, 3.05) is 5.32 Å². The van der Waals surface area contributed by atoms with Gasteiger partial charge in [0.25, 0.3) is 0 Å². The maximum atomic E-state index is 4.49. The summed E-state index contributed by atoms with van der Waals surface area (Å²) in [5.41, 5.74) is 3.90. The van der Waals surface area contributed by atoms with Gasteiger partial charge in [-0.1, -0.05) is 13.8 Å². The Bertz CT molecular complexity index is 479. The van der Waals surface area contributed by atoms with Gasteiger partial charge in [-0.15, -0.1) is 11.3 Å². The minimum atomic E-state index is 0.417. The fourth-order valence-electron chi connectivity index (χ4n) is 1.46. The van der Waals surface area contributed by atoms with Crippen LogP contribution < -0.4 is 5.32 Å². The number of rotatable bonds is 4. The number of hydrogen-bond donors (Lipinski definition) is 1. The summed E-state index contributed by atoms with van der Waals surface area (Å²) >= 11 is 1.63. The first-order valence-corrected chi connectivity index (χ1v) is 6.50. The van der Waals surface area contributed by atoms with Crippen molar-refractivity contribution in [1.82, 2.24) is 15.0 Å². The monoisotopic (exact) mass is 248 g/mol. The molecule has 0 aliphatic rings. The molecule has 0 amide bonds. The quantitative estimate of drug-likeness (QED) is 0.903. The smallest absolute Gasteiger partial charge is 0.223 e. The topological polar surface area (TPSA) is 50.7 Å². The lowest BCUT2D eigenvalue weighted by Crippen LogP contribution is -2.06. The van der Waals surface area contributed by atoms with Crippen LogP contribution in [0.25, 0.3) is 0 Å². The molecule has 5 heteroatoms. The van der Waals surface area contributed by atoms with E-state index in [1.807, 2.05) is 24.7 Å². The highest BCUT2D eigenvalue weighted by atomic mass is 32.1. The lowest BCUT2D eigenvalue weighted by atomic mass is 10.1. The van der Waals surface area contributed by atoms with Crippen LogP contribution in [0.1, 0.15) is 36.0 Å². The van der Waals surface area contributed by atoms with Crippen LogP contribution >= 0.6 is 11.3 Å². The number of aryl methyl sites for hydroxylation is 1. The van der Waals surface area contributed by atoms with Crippen LogP contribution in [0.3, 0.4) is 0 Å². The average Bonchev–Trinajstić information content (AvgIpc) is 2.78. The van der Waals surface area contributed by atoms with Crippen LogP contribution in [0.4, 0.5) is 5.95 Å². The van der Waals surface area contributed by atoms with Crippen molar-refractivity contribution in [2.45, 2.75) is 33.2 Å². The number of nitrogens with zero attached hydrogens (tertiary/aromatic N) is 3. The van der Waals surface area contributed by atoms with E-state index in [2.05, 4.69) is 34.1 Å². The molecule has 17 heavy (non-hydrogen) atoms. The Morgan fingerprint density at radius 2 is 2.18 bits per heavy atom. The Balaban J connectivity index is 2.10. The molecule has 2 heterocycles. The Morgan fingerprint density at radius 3 is 2.82 bits per heavy atom. The highest BCUT2D eigenvalue weighted by molar-refractivity contribution is 7.09. The molecule has 0 aromatic carbocycles. The predicted molar refractivity (Wildman–Crippen MR) is 70.3 cm³/mol. The van der Waals surface area contributed by atoms with Crippen LogP contribution in [0.15, 0.2) is 17.8 Å². The standard InChI is InChI=1S/C12H16N4S/c1-8(2)11-4-9(3)15-12(16-11)14-6-10-5-13-7-17-10/h4-5,7-8H,6H2,1-3H3,(H,14,15,16). The third-order valence-corrected chi connectivity index (χ3v) is 3.15. The van der Waals surface area contributed by atoms with Gasteiger partial charge in [0.1, 0.15) is 0 Å². The molecule has 90 valence electrons. The molecule has 2 rings (SSSR count). The van der Waals surface area contributed by atoms with Gasteiger partial charge in [-0.25, -0.2) is 9.97 Å². The molecule has 2 aromatic heterocycles. The summed E-state index contributed by atoms with van der Waals surface area (Å²) in [6.45, 7) is 6.99. The molecule has 0 unspecified atom stereocenters. The molecule has 0 spiro atoms. The summed E-state index contributed by atoms with van der Waals surface area (Å²) in [5, 5.41) is 3.23. The van der Waals surface area contributed by atoms with Gasteiger partial charge in [-0.2, -0.15) is 0 Å².